The minimum atomic E-state index is 0.108. The molecular formula is C21H21N5OS. The molecule has 3 heterocycles. The molecule has 1 aliphatic rings. The molecule has 5 rings (SSSR count). The van der Waals surface area contributed by atoms with E-state index in [1.54, 1.807) is 4.52 Å². The van der Waals surface area contributed by atoms with Crippen LogP contribution in [0.1, 0.15) is 46.5 Å². The Bertz CT molecular complexity index is 1140. The zero-order valence-electron chi connectivity index (χ0n) is 15.7. The largest absolute Gasteiger partial charge is 0.330 e. The molecule has 28 heavy (non-hydrogen) atoms. The topological polar surface area (TPSA) is 63.4 Å². The smallest absolute Gasteiger partial charge is 0.264 e. The Balaban J connectivity index is 1.60. The molecule has 1 aliphatic carbocycles. The third-order valence-corrected chi connectivity index (χ3v) is 6.45. The van der Waals surface area contributed by atoms with Gasteiger partial charge in [-0.1, -0.05) is 30.5 Å². The Morgan fingerprint density at radius 3 is 2.89 bits per heavy atom. The maximum Gasteiger partial charge on any atom is 0.264 e. The molecule has 0 N–H and O–H groups in total. The number of hydrogen-bond donors (Lipinski definition) is 0. The highest BCUT2D eigenvalue weighted by molar-refractivity contribution is 7.12. The number of hydrogen-bond acceptors (Lipinski definition) is 5. The average molecular weight is 392 g/mol. The van der Waals surface area contributed by atoms with Crippen molar-refractivity contribution in [3.63, 3.8) is 0 Å². The molecule has 0 unspecified atom stereocenters. The number of rotatable bonds is 4. The van der Waals surface area contributed by atoms with Crippen molar-refractivity contribution in [2.75, 3.05) is 0 Å². The first-order valence-electron chi connectivity index (χ1n) is 9.65. The lowest BCUT2D eigenvalue weighted by Crippen LogP contribution is -2.38. The van der Waals surface area contributed by atoms with Crippen molar-refractivity contribution >= 4 is 33.8 Å². The van der Waals surface area contributed by atoms with Crippen molar-refractivity contribution in [1.29, 1.82) is 0 Å². The van der Waals surface area contributed by atoms with Gasteiger partial charge in [0, 0.05) is 17.0 Å². The van der Waals surface area contributed by atoms with Crippen molar-refractivity contribution in [2.45, 2.75) is 45.2 Å². The van der Waals surface area contributed by atoms with Gasteiger partial charge in [0.05, 0.1) is 16.9 Å². The maximum atomic E-state index is 13.3. The quantitative estimate of drug-likeness (QED) is 0.522. The second-order valence-electron chi connectivity index (χ2n) is 7.49. The predicted octanol–water partition coefficient (Wildman–Crippen LogP) is 4.23. The van der Waals surface area contributed by atoms with E-state index in [1.165, 1.54) is 29.7 Å². The first-order chi connectivity index (χ1) is 13.7. The first kappa shape index (κ1) is 17.3. The fourth-order valence-electron chi connectivity index (χ4n) is 4.21. The SMILES string of the molecule is Cc1ccc2c(c1)cc(CN(C(=O)c1cccs1)C1CCCC1)c1nnnn12. The summed E-state index contributed by atoms with van der Waals surface area (Å²) in [6.07, 6.45) is 4.48. The predicted molar refractivity (Wildman–Crippen MR) is 109 cm³/mol. The van der Waals surface area contributed by atoms with Crippen LogP contribution < -0.4 is 0 Å². The van der Waals surface area contributed by atoms with E-state index in [0.717, 1.165) is 39.8 Å². The highest BCUT2D eigenvalue weighted by atomic mass is 32.1. The lowest BCUT2D eigenvalue weighted by molar-refractivity contribution is 0.0670. The molecule has 142 valence electrons. The number of nitrogens with zero attached hydrogens (tertiary/aromatic N) is 5. The van der Waals surface area contributed by atoms with Gasteiger partial charge in [-0.25, -0.2) is 0 Å². The van der Waals surface area contributed by atoms with E-state index in [0.29, 0.717) is 6.54 Å². The van der Waals surface area contributed by atoms with E-state index < -0.39 is 0 Å². The molecule has 0 saturated heterocycles. The molecular weight excluding hydrogens is 370 g/mol. The van der Waals surface area contributed by atoms with E-state index in [9.17, 15) is 4.79 Å². The molecule has 0 aliphatic heterocycles. The van der Waals surface area contributed by atoms with Gasteiger partial charge in [-0.3, -0.25) is 4.79 Å². The highest BCUT2D eigenvalue weighted by Gasteiger charge is 2.29. The van der Waals surface area contributed by atoms with Gasteiger partial charge in [-0.15, -0.1) is 16.4 Å². The number of amides is 1. The minimum Gasteiger partial charge on any atom is -0.330 e. The summed E-state index contributed by atoms with van der Waals surface area (Å²) in [6.45, 7) is 2.60. The molecule has 1 saturated carbocycles. The fourth-order valence-corrected chi connectivity index (χ4v) is 4.89. The van der Waals surface area contributed by atoms with Crippen molar-refractivity contribution < 1.29 is 4.79 Å². The summed E-state index contributed by atoms with van der Waals surface area (Å²) in [5.74, 6) is 0.108. The van der Waals surface area contributed by atoms with Gasteiger partial charge in [-0.05, 0) is 59.8 Å². The number of benzene rings is 1. The summed E-state index contributed by atoms with van der Waals surface area (Å²) >= 11 is 1.50. The summed E-state index contributed by atoms with van der Waals surface area (Å²) in [7, 11) is 0. The number of tetrazole rings is 1. The Morgan fingerprint density at radius 2 is 2.11 bits per heavy atom. The average Bonchev–Trinajstić information content (AvgIpc) is 3.47. The van der Waals surface area contributed by atoms with E-state index in [1.807, 2.05) is 28.5 Å². The number of carbonyl (C=O) groups is 1. The molecule has 6 nitrogen and oxygen atoms in total. The van der Waals surface area contributed by atoms with Crippen molar-refractivity contribution in [3.8, 4) is 0 Å². The Morgan fingerprint density at radius 1 is 1.25 bits per heavy atom. The lowest BCUT2D eigenvalue weighted by atomic mass is 10.1. The summed E-state index contributed by atoms with van der Waals surface area (Å²) in [4.78, 5) is 16.1. The van der Waals surface area contributed by atoms with Crippen LogP contribution in [-0.2, 0) is 6.54 Å². The van der Waals surface area contributed by atoms with Gasteiger partial charge < -0.3 is 4.90 Å². The zero-order chi connectivity index (χ0) is 19.1. The molecule has 1 fully saturated rings. The number of aromatic nitrogens is 4. The molecule has 0 bridgehead atoms. The lowest BCUT2D eigenvalue weighted by Gasteiger charge is -2.29. The number of carbonyl (C=O) groups excluding carboxylic acids is 1. The number of fused-ring (bicyclic) bond motifs is 3. The van der Waals surface area contributed by atoms with Gasteiger partial charge in [0.15, 0.2) is 5.65 Å². The second-order valence-corrected chi connectivity index (χ2v) is 8.44. The second kappa shape index (κ2) is 6.98. The fraction of sp³-hybridized carbons (Fsp3) is 0.333. The van der Waals surface area contributed by atoms with E-state index in [2.05, 4.69) is 40.6 Å². The molecule has 3 aromatic heterocycles. The van der Waals surface area contributed by atoms with E-state index in [4.69, 9.17) is 0 Å². The van der Waals surface area contributed by atoms with Crippen LogP contribution in [0.4, 0.5) is 0 Å². The standard InChI is InChI=1S/C21H21N5OS/c1-14-8-9-18-15(11-14)12-16(20-22-23-24-26(18)20)13-25(17-5-2-3-6-17)21(27)19-7-4-10-28-19/h4,7-12,17H,2-3,5-6,13H2,1H3. The molecule has 0 atom stereocenters. The van der Waals surface area contributed by atoms with Crippen LogP contribution in [0.5, 0.6) is 0 Å². The molecule has 0 spiro atoms. The molecule has 1 aromatic carbocycles. The molecule has 0 radical (unpaired) electrons. The number of pyridine rings is 1. The van der Waals surface area contributed by atoms with Crippen molar-refractivity contribution in [1.82, 2.24) is 24.9 Å². The maximum absolute atomic E-state index is 13.3. The van der Waals surface area contributed by atoms with Gasteiger partial charge in [0.2, 0.25) is 0 Å². The monoisotopic (exact) mass is 391 g/mol. The Hall–Kier alpha value is -2.80. The van der Waals surface area contributed by atoms with E-state index in [-0.39, 0.29) is 11.9 Å². The third kappa shape index (κ3) is 2.96. The van der Waals surface area contributed by atoms with Crippen LogP contribution in [0.15, 0.2) is 41.8 Å². The van der Waals surface area contributed by atoms with Gasteiger partial charge in [0.25, 0.3) is 5.91 Å². The van der Waals surface area contributed by atoms with Crippen LogP contribution in [0.2, 0.25) is 0 Å². The van der Waals surface area contributed by atoms with Crippen LogP contribution in [-0.4, -0.2) is 36.9 Å². The van der Waals surface area contributed by atoms with Crippen molar-refractivity contribution in [2.24, 2.45) is 0 Å². The van der Waals surface area contributed by atoms with Crippen molar-refractivity contribution in [3.05, 3.63) is 57.8 Å². The Kier molecular flexibility index (Phi) is 4.31. The highest BCUT2D eigenvalue weighted by Crippen LogP contribution is 2.29. The molecule has 4 aromatic rings. The van der Waals surface area contributed by atoms with Crippen LogP contribution in [0, 0.1) is 6.92 Å². The van der Waals surface area contributed by atoms with Gasteiger partial charge in [-0.2, -0.15) is 4.52 Å². The number of thiophene rings is 1. The minimum absolute atomic E-state index is 0.108. The molecule has 1 amide bonds. The zero-order valence-corrected chi connectivity index (χ0v) is 16.5. The van der Waals surface area contributed by atoms with Crippen LogP contribution >= 0.6 is 11.3 Å². The summed E-state index contributed by atoms with van der Waals surface area (Å²) in [5.41, 5.74) is 3.87. The van der Waals surface area contributed by atoms with Crippen LogP contribution in [0.25, 0.3) is 16.6 Å². The first-order valence-corrected chi connectivity index (χ1v) is 10.5. The normalized spacial score (nSPS) is 14.9. The van der Waals surface area contributed by atoms with E-state index >= 15 is 0 Å². The summed E-state index contributed by atoms with van der Waals surface area (Å²) < 4.78 is 1.78. The summed E-state index contributed by atoms with van der Waals surface area (Å²) in [5, 5.41) is 15.4. The summed E-state index contributed by atoms with van der Waals surface area (Å²) in [6, 6.07) is 12.5. The number of aryl methyl sites for hydroxylation is 1. The Labute approximate surface area is 166 Å². The van der Waals surface area contributed by atoms with Gasteiger partial charge in [0.1, 0.15) is 0 Å². The van der Waals surface area contributed by atoms with Gasteiger partial charge >= 0.3 is 0 Å². The third-order valence-electron chi connectivity index (χ3n) is 5.60. The molecule has 7 heteroatoms. The van der Waals surface area contributed by atoms with Crippen LogP contribution in [0.3, 0.4) is 0 Å².